The minimum absolute atomic E-state index is 0.00316. The summed E-state index contributed by atoms with van der Waals surface area (Å²) in [4.78, 5) is 30.1. The Morgan fingerprint density at radius 2 is 1.84 bits per heavy atom. The molecule has 2 amide bonds. The Kier molecular flexibility index (Phi) is 5.09. The van der Waals surface area contributed by atoms with Crippen LogP contribution >= 0.6 is 0 Å². The summed E-state index contributed by atoms with van der Waals surface area (Å²) in [7, 11) is 0. The Hall–Kier alpha value is -3.15. The fourth-order valence-electron chi connectivity index (χ4n) is 2.54. The van der Waals surface area contributed by atoms with Crippen LogP contribution in [0.5, 0.6) is 0 Å². The Morgan fingerprint density at radius 3 is 2.60 bits per heavy atom. The summed E-state index contributed by atoms with van der Waals surface area (Å²) in [6.07, 6.45) is 0.721. The van der Waals surface area contributed by atoms with Crippen LogP contribution in [0.15, 0.2) is 63.8 Å². The first-order valence-electron chi connectivity index (χ1n) is 8.18. The van der Waals surface area contributed by atoms with E-state index in [0.29, 0.717) is 24.0 Å². The predicted molar refractivity (Wildman–Crippen MR) is 96.8 cm³/mol. The third-order valence-corrected chi connectivity index (χ3v) is 3.85. The highest BCUT2D eigenvalue weighted by Crippen LogP contribution is 2.14. The van der Waals surface area contributed by atoms with Crippen LogP contribution in [0, 0.1) is 0 Å². The Labute approximate surface area is 145 Å². The van der Waals surface area contributed by atoms with Gasteiger partial charge in [-0.2, -0.15) is 4.98 Å². The quantitative estimate of drug-likeness (QED) is 0.776. The second-order valence-electron chi connectivity index (χ2n) is 5.51. The Balaban J connectivity index is 1.73. The van der Waals surface area contributed by atoms with Crippen molar-refractivity contribution in [3.63, 3.8) is 0 Å². The number of benzene rings is 2. The topological polar surface area (TPSA) is 75.4 Å². The number of para-hydroxylation sites is 1. The van der Waals surface area contributed by atoms with Gasteiger partial charge in [-0.3, -0.25) is 0 Å². The predicted octanol–water partition coefficient (Wildman–Crippen LogP) is 2.97. The third kappa shape index (κ3) is 3.85. The lowest BCUT2D eigenvalue weighted by Crippen LogP contribution is -2.41. The fourth-order valence-corrected chi connectivity index (χ4v) is 2.54. The van der Waals surface area contributed by atoms with Gasteiger partial charge in [-0.1, -0.05) is 42.5 Å². The molecular formula is C19H19N3O3. The molecule has 128 valence electrons. The largest absolute Gasteiger partial charge is 0.388 e. The average Bonchev–Trinajstić information content (AvgIpc) is 2.63. The number of anilines is 1. The molecule has 0 unspecified atom stereocenters. The summed E-state index contributed by atoms with van der Waals surface area (Å²) in [6.45, 7) is 2.62. The van der Waals surface area contributed by atoms with E-state index in [9.17, 15) is 9.59 Å². The first-order chi connectivity index (χ1) is 12.2. The summed E-state index contributed by atoms with van der Waals surface area (Å²) < 4.78 is 5.23. The number of hydrogen-bond acceptors (Lipinski definition) is 4. The summed E-state index contributed by atoms with van der Waals surface area (Å²) in [5.74, 6) is 0. The van der Waals surface area contributed by atoms with Crippen molar-refractivity contribution in [1.82, 2.24) is 10.3 Å². The van der Waals surface area contributed by atoms with E-state index in [-0.39, 0.29) is 12.0 Å². The van der Waals surface area contributed by atoms with Crippen molar-refractivity contribution in [1.29, 1.82) is 0 Å². The van der Waals surface area contributed by atoms with E-state index in [1.165, 1.54) is 4.90 Å². The van der Waals surface area contributed by atoms with Crippen LogP contribution in [0.2, 0.25) is 0 Å². The van der Waals surface area contributed by atoms with Gasteiger partial charge in [0.2, 0.25) is 0 Å². The van der Waals surface area contributed by atoms with Crippen molar-refractivity contribution in [2.24, 2.45) is 0 Å². The molecule has 1 heterocycles. The first-order valence-corrected chi connectivity index (χ1v) is 8.18. The molecule has 2 aromatic carbocycles. The zero-order chi connectivity index (χ0) is 17.6. The molecule has 0 atom stereocenters. The summed E-state index contributed by atoms with van der Waals surface area (Å²) >= 11 is 0. The zero-order valence-electron chi connectivity index (χ0n) is 13.9. The summed E-state index contributed by atoms with van der Waals surface area (Å²) in [5.41, 5.74) is 1.14. The molecule has 0 fully saturated rings. The van der Waals surface area contributed by atoms with Gasteiger partial charge < -0.3 is 9.73 Å². The lowest BCUT2D eigenvalue weighted by atomic mass is 10.1. The molecule has 1 N–H and O–H groups in total. The van der Waals surface area contributed by atoms with Crippen LogP contribution in [-0.2, 0) is 6.42 Å². The normalized spacial score (nSPS) is 10.6. The maximum atomic E-state index is 12.4. The molecule has 0 saturated carbocycles. The number of rotatable bonds is 5. The lowest BCUT2D eigenvalue weighted by molar-refractivity contribution is 0.245. The molecule has 0 aliphatic carbocycles. The number of hydrogen-bond donors (Lipinski definition) is 1. The molecule has 0 aliphatic heterocycles. The highest BCUT2D eigenvalue weighted by molar-refractivity contribution is 5.90. The van der Waals surface area contributed by atoms with Crippen molar-refractivity contribution in [3.05, 3.63) is 70.6 Å². The standard InChI is InChI=1S/C19H19N3O3/c1-2-22(18(24)20-13-12-14-8-4-3-5-9-14)19-21-16-11-7-6-10-15(16)17(23)25-19/h3-11H,2,12-13H2,1H3,(H,20,24). The smallest absolute Gasteiger partial charge is 0.348 e. The fraction of sp³-hybridized carbons (Fsp3) is 0.211. The number of carbonyl (C=O) groups is 1. The number of amides is 2. The van der Waals surface area contributed by atoms with Crippen molar-refractivity contribution in [2.45, 2.75) is 13.3 Å². The molecule has 3 aromatic rings. The van der Waals surface area contributed by atoms with Gasteiger partial charge in [0.25, 0.3) is 0 Å². The van der Waals surface area contributed by atoms with Crippen LogP contribution in [0.4, 0.5) is 10.8 Å². The van der Waals surface area contributed by atoms with Crippen LogP contribution in [-0.4, -0.2) is 24.1 Å². The van der Waals surface area contributed by atoms with Crippen molar-refractivity contribution >= 4 is 22.9 Å². The molecule has 0 radical (unpaired) electrons. The van der Waals surface area contributed by atoms with Gasteiger partial charge in [0, 0.05) is 13.1 Å². The van der Waals surface area contributed by atoms with E-state index in [1.54, 1.807) is 31.2 Å². The molecule has 0 spiro atoms. The van der Waals surface area contributed by atoms with Crippen LogP contribution in [0.1, 0.15) is 12.5 Å². The lowest BCUT2D eigenvalue weighted by Gasteiger charge is -2.18. The molecule has 0 saturated heterocycles. The number of nitrogens with one attached hydrogen (secondary N) is 1. The minimum atomic E-state index is -0.504. The van der Waals surface area contributed by atoms with Gasteiger partial charge in [0.15, 0.2) is 0 Å². The molecule has 1 aromatic heterocycles. The summed E-state index contributed by atoms with van der Waals surface area (Å²) in [6, 6.07) is 16.4. The third-order valence-electron chi connectivity index (χ3n) is 3.85. The molecule has 6 nitrogen and oxygen atoms in total. The molecule has 0 bridgehead atoms. The molecule has 3 rings (SSSR count). The van der Waals surface area contributed by atoms with Crippen LogP contribution in [0.3, 0.4) is 0 Å². The molecule has 25 heavy (non-hydrogen) atoms. The van der Waals surface area contributed by atoms with Crippen molar-refractivity contribution in [3.8, 4) is 0 Å². The van der Waals surface area contributed by atoms with Crippen LogP contribution in [0.25, 0.3) is 10.9 Å². The van der Waals surface area contributed by atoms with E-state index in [4.69, 9.17) is 4.42 Å². The van der Waals surface area contributed by atoms with Gasteiger partial charge in [-0.15, -0.1) is 0 Å². The number of carbonyl (C=O) groups excluding carboxylic acids is 1. The zero-order valence-corrected chi connectivity index (χ0v) is 13.9. The summed E-state index contributed by atoms with van der Waals surface area (Å²) in [5, 5.41) is 3.23. The minimum Gasteiger partial charge on any atom is -0.388 e. The number of aromatic nitrogens is 1. The first kappa shape index (κ1) is 16.7. The maximum absolute atomic E-state index is 12.4. The highest BCUT2D eigenvalue weighted by Gasteiger charge is 2.19. The Bertz CT molecular complexity index is 922. The molecule has 0 aliphatic rings. The molecular weight excluding hydrogens is 318 g/mol. The Morgan fingerprint density at radius 1 is 1.12 bits per heavy atom. The van der Waals surface area contributed by atoms with Gasteiger partial charge in [-0.05, 0) is 31.0 Å². The van der Waals surface area contributed by atoms with E-state index in [0.717, 1.165) is 12.0 Å². The van der Waals surface area contributed by atoms with Gasteiger partial charge in [0.05, 0.1) is 10.9 Å². The SMILES string of the molecule is CCN(C(=O)NCCc1ccccc1)c1nc2ccccc2c(=O)o1. The van der Waals surface area contributed by atoms with E-state index >= 15 is 0 Å². The number of nitrogens with zero attached hydrogens (tertiary/aromatic N) is 2. The van der Waals surface area contributed by atoms with Crippen LogP contribution < -0.4 is 15.8 Å². The van der Waals surface area contributed by atoms with Gasteiger partial charge >= 0.3 is 17.7 Å². The second-order valence-corrected chi connectivity index (χ2v) is 5.51. The maximum Gasteiger partial charge on any atom is 0.348 e. The van der Waals surface area contributed by atoms with Gasteiger partial charge in [-0.25, -0.2) is 14.5 Å². The average molecular weight is 337 g/mol. The van der Waals surface area contributed by atoms with E-state index in [2.05, 4.69) is 10.3 Å². The van der Waals surface area contributed by atoms with Crippen molar-refractivity contribution < 1.29 is 9.21 Å². The second kappa shape index (κ2) is 7.61. The van der Waals surface area contributed by atoms with E-state index in [1.807, 2.05) is 30.3 Å². The van der Waals surface area contributed by atoms with Crippen molar-refractivity contribution in [2.75, 3.05) is 18.0 Å². The number of fused-ring (bicyclic) bond motifs is 1. The number of urea groups is 1. The van der Waals surface area contributed by atoms with E-state index < -0.39 is 5.63 Å². The molecule has 6 heteroatoms. The monoisotopic (exact) mass is 337 g/mol. The highest BCUT2D eigenvalue weighted by atomic mass is 16.4. The van der Waals surface area contributed by atoms with Gasteiger partial charge in [0.1, 0.15) is 0 Å².